The molecular formula is C14H22O3. The maximum absolute atomic E-state index is 8.66. The number of rotatable bonds is 3. The summed E-state index contributed by atoms with van der Waals surface area (Å²) in [5.41, 5.74) is 0.904. The fourth-order valence-corrected chi connectivity index (χ4v) is 1.86. The molecule has 1 aliphatic carbocycles. The Morgan fingerprint density at radius 1 is 1.12 bits per heavy atom. The maximum atomic E-state index is 8.66. The predicted molar refractivity (Wildman–Crippen MR) is 68.2 cm³/mol. The molecule has 3 heteroatoms. The normalized spacial score (nSPS) is 15.2. The van der Waals surface area contributed by atoms with Crippen LogP contribution in [0, 0.1) is 0 Å². The van der Waals surface area contributed by atoms with Gasteiger partial charge in [-0.1, -0.05) is 25.0 Å². The summed E-state index contributed by atoms with van der Waals surface area (Å²) >= 11 is 0. The lowest BCUT2D eigenvalue weighted by atomic mass is 10.2. The van der Waals surface area contributed by atoms with Crippen LogP contribution in [0.15, 0.2) is 24.3 Å². The first kappa shape index (κ1) is 14.0. The highest BCUT2D eigenvalue weighted by molar-refractivity contribution is 5.26. The van der Waals surface area contributed by atoms with Crippen LogP contribution in [0.3, 0.4) is 0 Å². The van der Waals surface area contributed by atoms with E-state index in [4.69, 9.17) is 14.6 Å². The minimum atomic E-state index is 0.0873. The Hall–Kier alpha value is -1.06. The second kappa shape index (κ2) is 8.09. The third-order valence-corrected chi connectivity index (χ3v) is 2.98. The van der Waals surface area contributed by atoms with Crippen molar-refractivity contribution in [3.63, 3.8) is 0 Å². The largest absolute Gasteiger partial charge is 0.497 e. The first-order valence-electron chi connectivity index (χ1n) is 6.06. The fourth-order valence-electron chi connectivity index (χ4n) is 1.86. The molecule has 1 aliphatic rings. The van der Waals surface area contributed by atoms with Crippen molar-refractivity contribution in [3.05, 3.63) is 29.8 Å². The van der Waals surface area contributed by atoms with Crippen molar-refractivity contribution in [1.82, 2.24) is 0 Å². The van der Waals surface area contributed by atoms with Crippen molar-refractivity contribution in [2.24, 2.45) is 0 Å². The second-order valence-corrected chi connectivity index (χ2v) is 4.15. The Kier molecular flexibility index (Phi) is 6.67. The molecule has 96 valence electrons. The Balaban J connectivity index is 0.000000181. The van der Waals surface area contributed by atoms with Crippen LogP contribution in [0.2, 0.25) is 0 Å². The van der Waals surface area contributed by atoms with Gasteiger partial charge in [0.25, 0.3) is 0 Å². The van der Waals surface area contributed by atoms with Gasteiger partial charge >= 0.3 is 0 Å². The molecule has 0 heterocycles. The Morgan fingerprint density at radius 2 is 1.71 bits per heavy atom. The zero-order valence-corrected chi connectivity index (χ0v) is 10.7. The van der Waals surface area contributed by atoms with Crippen molar-refractivity contribution < 1.29 is 14.6 Å². The van der Waals surface area contributed by atoms with E-state index in [1.807, 2.05) is 24.3 Å². The topological polar surface area (TPSA) is 38.7 Å². The van der Waals surface area contributed by atoms with E-state index < -0.39 is 0 Å². The zero-order chi connectivity index (χ0) is 12.5. The van der Waals surface area contributed by atoms with Crippen LogP contribution in [0.5, 0.6) is 5.75 Å². The molecule has 0 amide bonds. The van der Waals surface area contributed by atoms with Gasteiger partial charge in [0, 0.05) is 7.11 Å². The summed E-state index contributed by atoms with van der Waals surface area (Å²) in [6.45, 7) is 0.0873. The van der Waals surface area contributed by atoms with E-state index in [1.165, 1.54) is 25.7 Å². The molecule has 0 saturated heterocycles. The molecule has 0 atom stereocenters. The molecule has 1 saturated carbocycles. The predicted octanol–water partition coefficient (Wildman–Crippen LogP) is 2.76. The van der Waals surface area contributed by atoms with Crippen LogP contribution in [-0.4, -0.2) is 25.4 Å². The molecule has 3 nitrogen and oxygen atoms in total. The van der Waals surface area contributed by atoms with Gasteiger partial charge in [0.05, 0.1) is 19.8 Å². The molecule has 0 bridgehead atoms. The van der Waals surface area contributed by atoms with E-state index in [1.54, 1.807) is 14.2 Å². The van der Waals surface area contributed by atoms with Gasteiger partial charge in [-0.3, -0.25) is 0 Å². The van der Waals surface area contributed by atoms with Crippen LogP contribution in [-0.2, 0) is 11.3 Å². The molecule has 0 spiro atoms. The highest BCUT2D eigenvalue weighted by Gasteiger charge is 2.12. The monoisotopic (exact) mass is 238 g/mol. The van der Waals surface area contributed by atoms with Crippen molar-refractivity contribution in [2.45, 2.75) is 38.4 Å². The SMILES string of the molecule is COC1CCCC1.COc1ccc(CO)cc1. The van der Waals surface area contributed by atoms with E-state index >= 15 is 0 Å². The molecule has 17 heavy (non-hydrogen) atoms. The second-order valence-electron chi connectivity index (χ2n) is 4.15. The van der Waals surface area contributed by atoms with Gasteiger partial charge in [0.1, 0.15) is 5.75 Å². The highest BCUT2D eigenvalue weighted by atomic mass is 16.5. The molecule has 1 N–H and O–H groups in total. The van der Waals surface area contributed by atoms with E-state index in [0.717, 1.165) is 11.3 Å². The summed E-state index contributed by atoms with van der Waals surface area (Å²) in [4.78, 5) is 0. The van der Waals surface area contributed by atoms with Gasteiger partial charge in [0.2, 0.25) is 0 Å². The highest BCUT2D eigenvalue weighted by Crippen LogP contribution is 2.19. The number of hydrogen-bond acceptors (Lipinski definition) is 3. The van der Waals surface area contributed by atoms with Gasteiger partial charge < -0.3 is 14.6 Å². The average Bonchev–Trinajstić information content (AvgIpc) is 2.93. The minimum absolute atomic E-state index is 0.0873. The van der Waals surface area contributed by atoms with E-state index in [0.29, 0.717) is 6.10 Å². The van der Waals surface area contributed by atoms with Crippen molar-refractivity contribution in [2.75, 3.05) is 14.2 Å². The Bertz CT molecular complexity index is 266. The summed E-state index contributed by atoms with van der Waals surface area (Å²) in [5, 5.41) is 8.66. The number of benzene rings is 1. The van der Waals surface area contributed by atoms with Crippen LogP contribution in [0.1, 0.15) is 31.2 Å². The van der Waals surface area contributed by atoms with Crippen LogP contribution in [0.25, 0.3) is 0 Å². The first-order valence-corrected chi connectivity index (χ1v) is 6.06. The summed E-state index contributed by atoms with van der Waals surface area (Å²) in [6.07, 6.45) is 5.92. The first-order chi connectivity index (χ1) is 8.30. The van der Waals surface area contributed by atoms with Crippen molar-refractivity contribution in [3.8, 4) is 5.75 Å². The van der Waals surface area contributed by atoms with Crippen molar-refractivity contribution in [1.29, 1.82) is 0 Å². The third kappa shape index (κ3) is 5.20. The fraction of sp³-hybridized carbons (Fsp3) is 0.571. The summed E-state index contributed by atoms with van der Waals surface area (Å²) < 4.78 is 10.0. The quantitative estimate of drug-likeness (QED) is 0.880. The van der Waals surface area contributed by atoms with E-state index in [9.17, 15) is 0 Å². The summed E-state index contributed by atoms with van der Waals surface area (Å²) in [6, 6.07) is 7.31. The third-order valence-electron chi connectivity index (χ3n) is 2.98. The molecule has 0 aromatic heterocycles. The maximum Gasteiger partial charge on any atom is 0.118 e. The standard InChI is InChI=1S/C8H10O2.C6H12O/c1-10-8-4-2-7(6-9)3-5-8;1-7-6-4-2-3-5-6/h2-5,9H,6H2,1H3;6H,2-5H2,1H3. The van der Waals surface area contributed by atoms with E-state index in [2.05, 4.69) is 0 Å². The van der Waals surface area contributed by atoms with Gasteiger partial charge in [-0.25, -0.2) is 0 Å². The summed E-state index contributed by atoms with van der Waals surface area (Å²) in [5.74, 6) is 0.817. The molecule has 0 radical (unpaired) electrons. The molecule has 2 rings (SSSR count). The lowest BCUT2D eigenvalue weighted by Gasteiger charge is -2.02. The molecule has 1 aromatic carbocycles. The van der Waals surface area contributed by atoms with Gasteiger partial charge in [-0.05, 0) is 30.5 Å². The van der Waals surface area contributed by atoms with E-state index in [-0.39, 0.29) is 6.61 Å². The van der Waals surface area contributed by atoms with Crippen LogP contribution in [0.4, 0.5) is 0 Å². The van der Waals surface area contributed by atoms with Gasteiger partial charge in [-0.2, -0.15) is 0 Å². The number of aliphatic hydroxyl groups is 1. The number of hydrogen-bond donors (Lipinski definition) is 1. The summed E-state index contributed by atoms with van der Waals surface area (Å²) in [7, 11) is 3.42. The minimum Gasteiger partial charge on any atom is -0.497 e. The average molecular weight is 238 g/mol. The molecule has 1 fully saturated rings. The van der Waals surface area contributed by atoms with Crippen molar-refractivity contribution >= 4 is 0 Å². The Labute approximate surface area is 103 Å². The van der Waals surface area contributed by atoms with Gasteiger partial charge in [-0.15, -0.1) is 0 Å². The molecule has 0 aliphatic heterocycles. The number of ether oxygens (including phenoxy) is 2. The van der Waals surface area contributed by atoms with Crippen LogP contribution < -0.4 is 4.74 Å². The van der Waals surface area contributed by atoms with Crippen LogP contribution >= 0.6 is 0 Å². The van der Waals surface area contributed by atoms with Gasteiger partial charge in [0.15, 0.2) is 0 Å². The molecule has 0 unspecified atom stereocenters. The smallest absolute Gasteiger partial charge is 0.118 e. The number of methoxy groups -OCH3 is 2. The number of aliphatic hydroxyl groups excluding tert-OH is 1. The lowest BCUT2D eigenvalue weighted by Crippen LogP contribution is -2.01. The molecule has 1 aromatic rings. The molecular weight excluding hydrogens is 216 g/mol. The Morgan fingerprint density at radius 3 is 2.06 bits per heavy atom. The zero-order valence-electron chi connectivity index (χ0n) is 10.7. The lowest BCUT2D eigenvalue weighted by molar-refractivity contribution is 0.109.